The van der Waals surface area contributed by atoms with Crippen molar-refractivity contribution in [3.8, 4) is 0 Å². The molecule has 1 aromatic heterocycles. The molecule has 12 heavy (non-hydrogen) atoms. The van der Waals surface area contributed by atoms with Gasteiger partial charge in [-0.2, -0.15) is 0 Å². The van der Waals surface area contributed by atoms with Gasteiger partial charge in [0.25, 0.3) is 5.91 Å². The van der Waals surface area contributed by atoms with Crippen LogP contribution in [0.4, 0.5) is 0 Å². The first-order chi connectivity index (χ1) is 5.57. The maximum Gasteiger partial charge on any atom is 0.279 e. The predicted octanol–water partition coefficient (Wildman–Crippen LogP) is 1.78. The Morgan fingerprint density at radius 1 is 1.50 bits per heavy atom. The minimum absolute atomic E-state index is 0.329. The van der Waals surface area contributed by atoms with Crippen LogP contribution in [0.5, 0.6) is 0 Å². The summed E-state index contributed by atoms with van der Waals surface area (Å²) in [5.74, 6) is 0.522. The van der Waals surface area contributed by atoms with Crippen LogP contribution in [0.3, 0.4) is 0 Å². The van der Waals surface area contributed by atoms with Crippen molar-refractivity contribution in [1.82, 2.24) is 5.48 Å². The van der Waals surface area contributed by atoms with Crippen LogP contribution in [0.1, 0.15) is 21.9 Å². The lowest BCUT2D eigenvalue weighted by atomic mass is 10.2. The summed E-state index contributed by atoms with van der Waals surface area (Å²) in [6, 6.07) is 0. The van der Waals surface area contributed by atoms with E-state index in [1.165, 1.54) is 0 Å². The van der Waals surface area contributed by atoms with Crippen molar-refractivity contribution in [2.24, 2.45) is 0 Å². The second-order valence-corrected chi connectivity index (χ2v) is 3.14. The molecule has 0 aliphatic rings. The van der Waals surface area contributed by atoms with E-state index in [4.69, 9.17) is 9.62 Å². The summed E-state index contributed by atoms with van der Waals surface area (Å²) in [5, 5.41) is 8.38. The van der Waals surface area contributed by atoms with E-state index < -0.39 is 5.91 Å². The van der Waals surface area contributed by atoms with E-state index in [0.29, 0.717) is 21.6 Å². The number of hydrogen-bond donors (Lipinski definition) is 2. The quantitative estimate of drug-likeness (QED) is 0.575. The number of carbonyl (C=O) groups is 1. The molecule has 0 aromatic carbocycles. The molecule has 0 unspecified atom stereocenters. The molecule has 0 atom stereocenters. The number of hydroxylamine groups is 1. The van der Waals surface area contributed by atoms with Gasteiger partial charge in [-0.05, 0) is 29.8 Å². The maximum atomic E-state index is 11.0. The van der Waals surface area contributed by atoms with Crippen LogP contribution in [0.2, 0.25) is 0 Å². The zero-order chi connectivity index (χ0) is 9.30. The Balaban J connectivity index is 3.22. The van der Waals surface area contributed by atoms with Crippen LogP contribution in [0.25, 0.3) is 0 Å². The van der Waals surface area contributed by atoms with E-state index in [0.717, 1.165) is 0 Å². The first kappa shape index (κ1) is 9.28. The average molecular weight is 234 g/mol. The summed E-state index contributed by atoms with van der Waals surface area (Å²) in [5.41, 5.74) is 1.88. The van der Waals surface area contributed by atoms with Crippen LogP contribution in [-0.2, 0) is 0 Å². The molecular formula is C7H8BrNO3. The Hall–Kier alpha value is -0.810. The Labute approximate surface area is 77.6 Å². The molecule has 0 fully saturated rings. The molecular weight excluding hydrogens is 226 g/mol. The number of rotatable bonds is 1. The Kier molecular flexibility index (Phi) is 2.54. The Bertz CT molecular complexity index is 319. The van der Waals surface area contributed by atoms with Gasteiger partial charge in [-0.15, -0.1) is 0 Å². The zero-order valence-electron chi connectivity index (χ0n) is 6.64. The molecule has 0 radical (unpaired) electrons. The second kappa shape index (κ2) is 3.28. The molecule has 4 nitrogen and oxygen atoms in total. The topological polar surface area (TPSA) is 62.5 Å². The third kappa shape index (κ3) is 1.37. The van der Waals surface area contributed by atoms with Gasteiger partial charge in [-0.25, -0.2) is 5.48 Å². The maximum absolute atomic E-state index is 11.0. The minimum Gasteiger partial charge on any atom is -0.465 e. The largest absolute Gasteiger partial charge is 0.465 e. The molecule has 66 valence electrons. The molecule has 0 bridgehead atoms. The first-order valence-corrected chi connectivity index (χ1v) is 4.07. The van der Waals surface area contributed by atoms with E-state index in [2.05, 4.69) is 15.9 Å². The van der Waals surface area contributed by atoms with Crippen molar-refractivity contribution in [1.29, 1.82) is 0 Å². The third-order valence-corrected chi connectivity index (χ3v) is 2.47. The van der Waals surface area contributed by atoms with Gasteiger partial charge in [0.2, 0.25) is 0 Å². The van der Waals surface area contributed by atoms with Gasteiger partial charge in [0.15, 0.2) is 0 Å². The normalized spacial score (nSPS) is 10.0. The summed E-state index contributed by atoms with van der Waals surface area (Å²) in [6.45, 7) is 3.38. The van der Waals surface area contributed by atoms with Crippen molar-refractivity contribution in [2.75, 3.05) is 0 Å². The fourth-order valence-electron chi connectivity index (χ4n) is 0.972. The van der Waals surface area contributed by atoms with Crippen LogP contribution in [0.15, 0.2) is 8.89 Å². The lowest BCUT2D eigenvalue weighted by molar-refractivity contribution is 0.0704. The van der Waals surface area contributed by atoms with Crippen molar-refractivity contribution in [3.05, 3.63) is 21.6 Å². The van der Waals surface area contributed by atoms with Crippen molar-refractivity contribution in [3.63, 3.8) is 0 Å². The average Bonchev–Trinajstić information content (AvgIpc) is 2.26. The summed E-state index contributed by atoms with van der Waals surface area (Å²) in [4.78, 5) is 11.0. The number of hydrogen-bond acceptors (Lipinski definition) is 3. The Morgan fingerprint density at radius 2 is 2.08 bits per heavy atom. The van der Waals surface area contributed by atoms with E-state index in [-0.39, 0.29) is 0 Å². The highest BCUT2D eigenvalue weighted by Crippen LogP contribution is 2.26. The number of halogens is 1. The molecule has 1 amide bonds. The number of amides is 1. The monoisotopic (exact) mass is 233 g/mol. The summed E-state index contributed by atoms with van der Waals surface area (Å²) in [7, 11) is 0. The van der Waals surface area contributed by atoms with Crippen LogP contribution in [-0.4, -0.2) is 11.1 Å². The third-order valence-electron chi connectivity index (χ3n) is 1.52. The van der Waals surface area contributed by atoms with Gasteiger partial charge < -0.3 is 4.42 Å². The minimum atomic E-state index is -0.573. The number of furan rings is 1. The number of nitrogens with one attached hydrogen (secondary N) is 1. The van der Waals surface area contributed by atoms with Gasteiger partial charge in [-0.3, -0.25) is 10.0 Å². The summed E-state index contributed by atoms with van der Waals surface area (Å²) < 4.78 is 5.72. The van der Waals surface area contributed by atoms with Crippen molar-refractivity contribution in [2.45, 2.75) is 13.8 Å². The van der Waals surface area contributed by atoms with Crippen LogP contribution < -0.4 is 5.48 Å². The van der Waals surface area contributed by atoms with Crippen LogP contribution in [0, 0.1) is 13.8 Å². The van der Waals surface area contributed by atoms with E-state index >= 15 is 0 Å². The zero-order valence-corrected chi connectivity index (χ0v) is 8.23. The molecule has 0 saturated heterocycles. The molecule has 0 aliphatic heterocycles. The highest BCUT2D eigenvalue weighted by atomic mass is 79.9. The van der Waals surface area contributed by atoms with Gasteiger partial charge in [0.1, 0.15) is 11.5 Å². The smallest absolute Gasteiger partial charge is 0.279 e. The van der Waals surface area contributed by atoms with Gasteiger partial charge in [0.05, 0.1) is 10.0 Å². The molecule has 0 saturated carbocycles. The summed E-state index contributed by atoms with van der Waals surface area (Å²) in [6.07, 6.45) is 0. The molecule has 0 aliphatic carbocycles. The fourth-order valence-corrected chi connectivity index (χ4v) is 1.51. The van der Waals surface area contributed by atoms with Gasteiger partial charge >= 0.3 is 0 Å². The van der Waals surface area contributed by atoms with E-state index in [9.17, 15) is 4.79 Å². The SMILES string of the molecule is Cc1oc(C)c(C(=O)NO)c1Br. The van der Waals surface area contributed by atoms with Crippen molar-refractivity contribution >= 4 is 21.8 Å². The number of aryl methyl sites for hydroxylation is 2. The highest BCUT2D eigenvalue weighted by molar-refractivity contribution is 9.10. The lowest BCUT2D eigenvalue weighted by Gasteiger charge is -1.95. The molecule has 5 heteroatoms. The molecule has 1 heterocycles. The Morgan fingerprint density at radius 3 is 2.42 bits per heavy atom. The molecule has 1 rings (SSSR count). The predicted molar refractivity (Wildman–Crippen MR) is 45.1 cm³/mol. The standard InChI is InChI=1S/C7H8BrNO3/c1-3-5(7(10)9-11)6(8)4(2)12-3/h11H,1-2H3,(H,9,10). The molecule has 1 aromatic rings. The van der Waals surface area contributed by atoms with Crippen molar-refractivity contribution < 1.29 is 14.4 Å². The van der Waals surface area contributed by atoms with Crippen LogP contribution >= 0.6 is 15.9 Å². The molecule has 2 N–H and O–H groups in total. The lowest BCUT2D eigenvalue weighted by Crippen LogP contribution is -2.19. The van der Waals surface area contributed by atoms with Gasteiger partial charge in [-0.1, -0.05) is 0 Å². The van der Waals surface area contributed by atoms with E-state index in [1.807, 2.05) is 0 Å². The molecule has 0 spiro atoms. The van der Waals surface area contributed by atoms with E-state index in [1.54, 1.807) is 19.3 Å². The first-order valence-electron chi connectivity index (χ1n) is 3.27. The number of carbonyl (C=O) groups excluding carboxylic acids is 1. The van der Waals surface area contributed by atoms with Gasteiger partial charge in [0, 0.05) is 0 Å². The fraction of sp³-hybridized carbons (Fsp3) is 0.286. The highest BCUT2D eigenvalue weighted by Gasteiger charge is 2.18. The second-order valence-electron chi connectivity index (χ2n) is 2.34. The summed E-state index contributed by atoms with van der Waals surface area (Å²) >= 11 is 3.18.